The van der Waals surface area contributed by atoms with Crippen LogP contribution >= 0.6 is 0 Å². The van der Waals surface area contributed by atoms with Crippen LogP contribution in [0, 0.1) is 0 Å². The molecule has 1 N–H and O–H groups in total. The highest BCUT2D eigenvalue weighted by atomic mass is 19.4. The van der Waals surface area contributed by atoms with Crippen LogP contribution in [0.4, 0.5) is 18.9 Å². The zero-order chi connectivity index (χ0) is 21.8. The fourth-order valence-electron chi connectivity index (χ4n) is 4.07. The molecule has 0 unspecified atom stereocenters. The van der Waals surface area contributed by atoms with Crippen LogP contribution in [0.5, 0.6) is 0 Å². The van der Waals surface area contributed by atoms with Gasteiger partial charge in [0.2, 0.25) is 0 Å². The van der Waals surface area contributed by atoms with Gasteiger partial charge in [0.25, 0.3) is 0 Å². The van der Waals surface area contributed by atoms with Crippen molar-refractivity contribution in [3.63, 3.8) is 0 Å². The zero-order valence-electron chi connectivity index (χ0n) is 16.8. The van der Waals surface area contributed by atoms with E-state index < -0.39 is 12.1 Å². The maximum Gasteiger partial charge on any atom is 0.471 e. The summed E-state index contributed by atoms with van der Waals surface area (Å²) < 4.78 is 39.9. The van der Waals surface area contributed by atoms with Crippen LogP contribution in [0.3, 0.4) is 0 Å². The summed E-state index contributed by atoms with van der Waals surface area (Å²) in [5, 5.41) is 0. The number of nitrogens with one attached hydrogen (secondary N) is 1. The van der Waals surface area contributed by atoms with Crippen LogP contribution in [0.15, 0.2) is 67.1 Å². The van der Waals surface area contributed by atoms with Crippen LogP contribution in [0.2, 0.25) is 0 Å². The molecule has 162 valence electrons. The molecule has 3 aromatic rings. The quantitative estimate of drug-likeness (QED) is 0.659. The van der Waals surface area contributed by atoms with Gasteiger partial charge in [-0.15, -0.1) is 0 Å². The topological polar surface area (TPSA) is 52.2 Å². The molecule has 5 nitrogen and oxygen atoms in total. The number of rotatable bonds is 5. The maximum absolute atomic E-state index is 13.3. The molecule has 2 aromatic carbocycles. The number of fused-ring (bicyclic) bond motifs is 1. The molecule has 0 aliphatic carbocycles. The van der Waals surface area contributed by atoms with E-state index in [4.69, 9.17) is 0 Å². The molecule has 1 aliphatic rings. The maximum atomic E-state index is 13.3. The molecule has 1 amide bonds. The Bertz CT molecular complexity index is 1010. The van der Waals surface area contributed by atoms with E-state index in [2.05, 4.69) is 14.9 Å². The number of alkyl halides is 3. The number of hydrogen-bond acceptors (Lipinski definition) is 3. The minimum Gasteiger partial charge on any atom is -0.361 e. The van der Waals surface area contributed by atoms with E-state index >= 15 is 0 Å². The van der Waals surface area contributed by atoms with Gasteiger partial charge in [0.05, 0.1) is 18.6 Å². The number of nitrogens with zero attached hydrogens (tertiary/aromatic N) is 3. The first-order chi connectivity index (χ1) is 14.9. The van der Waals surface area contributed by atoms with E-state index in [9.17, 15) is 18.0 Å². The third-order valence-corrected chi connectivity index (χ3v) is 5.57. The lowest BCUT2D eigenvalue weighted by Crippen LogP contribution is -2.47. The number of aromatic nitrogens is 2. The molecular formula is C23H23F3N4O. The van der Waals surface area contributed by atoms with Crippen LogP contribution in [-0.4, -0.2) is 39.5 Å². The number of aromatic amines is 1. The average molecular weight is 428 g/mol. The summed E-state index contributed by atoms with van der Waals surface area (Å²) in [6, 6.07) is 16.9. The molecule has 31 heavy (non-hydrogen) atoms. The summed E-state index contributed by atoms with van der Waals surface area (Å²) in [4.78, 5) is 22.4. The van der Waals surface area contributed by atoms with Crippen molar-refractivity contribution in [1.29, 1.82) is 0 Å². The number of imidazole rings is 1. The first kappa shape index (κ1) is 21.0. The predicted molar refractivity (Wildman–Crippen MR) is 111 cm³/mol. The summed E-state index contributed by atoms with van der Waals surface area (Å²) in [6.07, 6.45) is -0.315. The number of carbonyl (C=O) groups excluding carboxylic acids is 1. The summed E-state index contributed by atoms with van der Waals surface area (Å²) in [5.74, 6) is -1.80. The third-order valence-electron chi connectivity index (χ3n) is 5.57. The Labute approximate surface area is 178 Å². The molecule has 0 bridgehead atoms. The average Bonchev–Trinajstić information content (AvgIpc) is 3.22. The first-order valence-corrected chi connectivity index (χ1v) is 10.1. The molecule has 0 spiro atoms. The van der Waals surface area contributed by atoms with Crippen molar-refractivity contribution in [2.45, 2.75) is 38.1 Å². The monoisotopic (exact) mass is 428 g/mol. The van der Waals surface area contributed by atoms with Gasteiger partial charge in [-0.1, -0.05) is 48.5 Å². The minimum atomic E-state index is -4.91. The van der Waals surface area contributed by atoms with Crippen molar-refractivity contribution in [2.75, 3.05) is 11.4 Å². The fraction of sp³-hybridized carbons (Fsp3) is 0.304. The number of para-hydroxylation sites is 1. The highest BCUT2D eigenvalue weighted by molar-refractivity contribution is 5.82. The standard InChI is InChI=1S/C23H23F3N4O/c24-23(25,26)22(31)29-13-18-8-4-5-9-21(18)30(14-19-12-27-16-28-19)20(15-29)11-10-17-6-2-1-3-7-17/h1-9,12,16,20H,10-11,13-15H2,(H,27,28)/t20-/m0/s1. The second-order valence-electron chi connectivity index (χ2n) is 7.69. The number of H-pyrrole nitrogens is 1. The molecule has 0 saturated heterocycles. The Hall–Kier alpha value is -3.29. The van der Waals surface area contributed by atoms with Gasteiger partial charge in [0.1, 0.15) is 0 Å². The van der Waals surface area contributed by atoms with E-state index in [-0.39, 0.29) is 19.1 Å². The van der Waals surface area contributed by atoms with E-state index in [1.54, 1.807) is 24.7 Å². The zero-order valence-corrected chi connectivity index (χ0v) is 16.8. The molecule has 0 radical (unpaired) electrons. The van der Waals surface area contributed by atoms with Gasteiger partial charge in [-0.25, -0.2) is 4.98 Å². The predicted octanol–water partition coefficient (Wildman–Crippen LogP) is 4.32. The molecule has 1 aliphatic heterocycles. The number of benzene rings is 2. The summed E-state index contributed by atoms with van der Waals surface area (Å²) in [5.41, 5.74) is 3.50. The van der Waals surface area contributed by atoms with E-state index in [0.717, 1.165) is 21.8 Å². The van der Waals surface area contributed by atoms with Gasteiger partial charge in [0.15, 0.2) is 0 Å². The van der Waals surface area contributed by atoms with Gasteiger partial charge in [-0.05, 0) is 30.0 Å². The summed E-state index contributed by atoms with van der Waals surface area (Å²) in [6.45, 7) is 0.383. The Morgan fingerprint density at radius 2 is 1.84 bits per heavy atom. The molecule has 8 heteroatoms. The van der Waals surface area contributed by atoms with Gasteiger partial charge in [0, 0.05) is 31.0 Å². The number of aryl methyl sites for hydroxylation is 1. The highest BCUT2D eigenvalue weighted by Gasteiger charge is 2.44. The van der Waals surface area contributed by atoms with Crippen molar-refractivity contribution >= 4 is 11.6 Å². The third kappa shape index (κ3) is 4.90. The number of hydrogen-bond donors (Lipinski definition) is 1. The van der Waals surface area contributed by atoms with Gasteiger partial charge >= 0.3 is 12.1 Å². The largest absolute Gasteiger partial charge is 0.471 e. The Morgan fingerprint density at radius 3 is 2.55 bits per heavy atom. The van der Waals surface area contributed by atoms with Gasteiger partial charge in [-0.3, -0.25) is 4.79 Å². The summed E-state index contributed by atoms with van der Waals surface area (Å²) >= 11 is 0. The van der Waals surface area contributed by atoms with Crippen molar-refractivity contribution in [3.8, 4) is 0 Å². The Balaban J connectivity index is 1.69. The summed E-state index contributed by atoms with van der Waals surface area (Å²) in [7, 11) is 0. The number of anilines is 1. The number of amides is 1. The number of carbonyl (C=O) groups is 1. The normalized spacial score (nSPS) is 16.7. The first-order valence-electron chi connectivity index (χ1n) is 10.1. The van der Waals surface area contributed by atoms with Gasteiger partial charge in [-0.2, -0.15) is 13.2 Å². The molecular weight excluding hydrogens is 405 g/mol. The SMILES string of the molecule is O=C(N1Cc2ccccc2N(Cc2cnc[nH]2)[C@@H](CCc2ccccc2)C1)C(F)(F)F. The van der Waals surface area contributed by atoms with E-state index in [1.165, 1.54) is 0 Å². The van der Waals surface area contributed by atoms with Crippen LogP contribution in [-0.2, 0) is 24.3 Å². The molecule has 1 atom stereocenters. The van der Waals surface area contributed by atoms with Crippen LogP contribution in [0.1, 0.15) is 23.2 Å². The van der Waals surface area contributed by atoms with Crippen molar-refractivity contribution < 1.29 is 18.0 Å². The molecule has 0 saturated carbocycles. The number of halogens is 3. The Morgan fingerprint density at radius 1 is 1.10 bits per heavy atom. The van der Waals surface area contributed by atoms with Crippen LogP contribution < -0.4 is 4.90 Å². The molecule has 2 heterocycles. The second kappa shape index (κ2) is 8.83. The van der Waals surface area contributed by atoms with E-state index in [0.29, 0.717) is 24.9 Å². The van der Waals surface area contributed by atoms with Crippen molar-refractivity contribution in [1.82, 2.24) is 14.9 Å². The molecule has 0 fully saturated rings. The second-order valence-corrected chi connectivity index (χ2v) is 7.69. The smallest absolute Gasteiger partial charge is 0.361 e. The van der Waals surface area contributed by atoms with Crippen molar-refractivity contribution in [2.24, 2.45) is 0 Å². The highest BCUT2D eigenvalue weighted by Crippen LogP contribution is 2.32. The minimum absolute atomic E-state index is 0.00596. The fourth-order valence-corrected chi connectivity index (χ4v) is 4.07. The lowest BCUT2D eigenvalue weighted by Gasteiger charge is -2.34. The lowest BCUT2D eigenvalue weighted by molar-refractivity contribution is -0.186. The lowest BCUT2D eigenvalue weighted by atomic mass is 10.0. The van der Waals surface area contributed by atoms with E-state index in [1.807, 2.05) is 42.5 Å². The molecule has 1 aromatic heterocycles. The Kier molecular flexibility index (Phi) is 5.97. The van der Waals surface area contributed by atoms with Crippen LogP contribution in [0.25, 0.3) is 0 Å². The van der Waals surface area contributed by atoms with Crippen molar-refractivity contribution in [3.05, 3.63) is 83.9 Å². The molecule has 4 rings (SSSR count). The van der Waals surface area contributed by atoms with Gasteiger partial charge < -0.3 is 14.8 Å².